The Morgan fingerprint density at radius 2 is 1.77 bits per heavy atom. The number of phenols is 1. The Morgan fingerprint density at radius 3 is 2.35 bits per heavy atom. The molecule has 1 heterocycles. The second-order valence-electron chi connectivity index (χ2n) is 6.56. The maximum Gasteiger partial charge on any atom is 0.282 e. The van der Waals surface area contributed by atoms with Crippen LogP contribution >= 0.6 is 0 Å². The van der Waals surface area contributed by atoms with Crippen LogP contribution in [-0.4, -0.2) is 43.2 Å². The Morgan fingerprint density at radius 1 is 1.15 bits per heavy atom. The van der Waals surface area contributed by atoms with Gasteiger partial charge in [0.2, 0.25) is 0 Å². The summed E-state index contributed by atoms with van der Waals surface area (Å²) in [4.78, 5) is 16.0. The highest BCUT2D eigenvalue weighted by Crippen LogP contribution is 2.18. The van der Waals surface area contributed by atoms with Gasteiger partial charge in [-0.1, -0.05) is 0 Å². The van der Waals surface area contributed by atoms with Crippen LogP contribution in [-0.2, 0) is 4.79 Å². The molecular weight excluding hydrogens is 328 g/mol. The largest absolute Gasteiger partial charge is 0.508 e. The van der Waals surface area contributed by atoms with Crippen molar-refractivity contribution in [2.24, 2.45) is 0 Å². The van der Waals surface area contributed by atoms with E-state index >= 15 is 0 Å². The molecule has 1 atom stereocenters. The van der Waals surface area contributed by atoms with Gasteiger partial charge < -0.3 is 20.2 Å². The van der Waals surface area contributed by atoms with Gasteiger partial charge in [-0.3, -0.25) is 4.79 Å². The number of quaternary nitrogens is 1. The third kappa shape index (κ3) is 4.13. The SMILES string of the molecule is C[C@H](C(=O)Nc1ccc(C#N)cc1)[NH+]1CCN(c2ccc(O)cc2)CC1. The van der Waals surface area contributed by atoms with Gasteiger partial charge in [0, 0.05) is 11.4 Å². The number of phenolic OH excluding ortho intramolecular Hbond substituents is 1. The number of piperazine rings is 1. The third-order valence-electron chi connectivity index (χ3n) is 4.91. The number of nitrogens with zero attached hydrogens (tertiary/aromatic N) is 2. The van der Waals surface area contributed by atoms with Crippen molar-refractivity contribution in [3.63, 3.8) is 0 Å². The van der Waals surface area contributed by atoms with E-state index in [0.717, 1.165) is 31.9 Å². The van der Waals surface area contributed by atoms with Gasteiger partial charge in [-0.25, -0.2) is 0 Å². The molecule has 0 bridgehead atoms. The summed E-state index contributed by atoms with van der Waals surface area (Å²) < 4.78 is 0. The number of carbonyl (C=O) groups is 1. The average Bonchev–Trinajstić information content (AvgIpc) is 2.69. The fourth-order valence-electron chi connectivity index (χ4n) is 3.21. The lowest BCUT2D eigenvalue weighted by Crippen LogP contribution is -3.19. The average molecular weight is 351 g/mol. The standard InChI is InChI=1S/C20H22N4O2/c1-15(20(26)22-17-4-2-16(14-21)3-5-17)23-10-12-24(13-11-23)18-6-8-19(25)9-7-18/h2-9,15,25H,10-13H2,1H3,(H,22,26)/p+1/t15-/m1/s1. The van der Waals surface area contributed by atoms with Crippen LogP contribution < -0.4 is 15.1 Å². The van der Waals surface area contributed by atoms with Crippen molar-refractivity contribution in [2.75, 3.05) is 36.4 Å². The summed E-state index contributed by atoms with van der Waals surface area (Å²) in [5.41, 5.74) is 2.38. The van der Waals surface area contributed by atoms with Gasteiger partial charge in [0.1, 0.15) is 5.75 Å². The van der Waals surface area contributed by atoms with Crippen LogP contribution in [0.15, 0.2) is 48.5 Å². The van der Waals surface area contributed by atoms with Gasteiger partial charge in [-0.2, -0.15) is 5.26 Å². The minimum atomic E-state index is -0.146. The third-order valence-corrected chi connectivity index (χ3v) is 4.91. The number of hydrogen-bond acceptors (Lipinski definition) is 4. The van der Waals surface area contributed by atoms with Crippen LogP contribution in [0.1, 0.15) is 12.5 Å². The van der Waals surface area contributed by atoms with Crippen LogP contribution in [0, 0.1) is 11.3 Å². The molecule has 2 aromatic carbocycles. The van der Waals surface area contributed by atoms with E-state index in [9.17, 15) is 9.90 Å². The quantitative estimate of drug-likeness (QED) is 0.768. The molecule has 2 aromatic rings. The number of amides is 1. The Hall–Kier alpha value is -3.04. The van der Waals surface area contributed by atoms with Crippen LogP contribution in [0.4, 0.5) is 11.4 Å². The molecule has 0 spiro atoms. The molecule has 0 radical (unpaired) electrons. The molecule has 6 nitrogen and oxygen atoms in total. The normalized spacial score (nSPS) is 15.9. The van der Waals surface area contributed by atoms with Gasteiger partial charge in [-0.15, -0.1) is 0 Å². The predicted molar refractivity (Wildman–Crippen MR) is 100 cm³/mol. The molecule has 26 heavy (non-hydrogen) atoms. The second-order valence-corrected chi connectivity index (χ2v) is 6.56. The van der Waals surface area contributed by atoms with Crippen molar-refractivity contribution in [3.8, 4) is 11.8 Å². The number of benzene rings is 2. The fourth-order valence-corrected chi connectivity index (χ4v) is 3.21. The second kappa shape index (κ2) is 7.89. The number of anilines is 2. The van der Waals surface area contributed by atoms with Crippen molar-refractivity contribution >= 4 is 17.3 Å². The number of carbonyl (C=O) groups excluding carboxylic acids is 1. The van der Waals surface area contributed by atoms with E-state index in [-0.39, 0.29) is 17.7 Å². The van der Waals surface area contributed by atoms with Crippen LogP contribution in [0.3, 0.4) is 0 Å². The van der Waals surface area contributed by atoms with Crippen molar-refractivity contribution in [1.29, 1.82) is 5.26 Å². The molecular formula is C20H23N4O2+. The maximum atomic E-state index is 12.5. The van der Waals surface area contributed by atoms with Gasteiger partial charge >= 0.3 is 0 Å². The summed E-state index contributed by atoms with van der Waals surface area (Å²) >= 11 is 0. The Kier molecular flexibility index (Phi) is 5.40. The summed E-state index contributed by atoms with van der Waals surface area (Å²) in [6, 6.07) is 16.0. The number of nitriles is 1. The molecule has 1 saturated heterocycles. The number of rotatable bonds is 4. The van der Waals surface area contributed by atoms with Crippen LogP contribution in [0.5, 0.6) is 5.75 Å². The molecule has 0 saturated carbocycles. The molecule has 1 amide bonds. The summed E-state index contributed by atoms with van der Waals surface area (Å²) in [6.07, 6.45) is 0. The number of hydrogen-bond donors (Lipinski definition) is 3. The van der Waals surface area contributed by atoms with Crippen molar-refractivity contribution in [2.45, 2.75) is 13.0 Å². The van der Waals surface area contributed by atoms with Gasteiger partial charge in [-0.05, 0) is 55.5 Å². The fraction of sp³-hybridized carbons (Fsp3) is 0.300. The zero-order chi connectivity index (χ0) is 18.5. The zero-order valence-corrected chi connectivity index (χ0v) is 14.8. The highest BCUT2D eigenvalue weighted by molar-refractivity contribution is 5.93. The molecule has 134 valence electrons. The van der Waals surface area contributed by atoms with E-state index in [2.05, 4.69) is 16.3 Å². The highest BCUT2D eigenvalue weighted by atomic mass is 16.3. The lowest BCUT2D eigenvalue weighted by Gasteiger charge is -2.36. The minimum Gasteiger partial charge on any atom is -0.508 e. The minimum absolute atomic E-state index is 0.0113. The Balaban J connectivity index is 1.53. The summed E-state index contributed by atoms with van der Waals surface area (Å²) in [7, 11) is 0. The number of aromatic hydroxyl groups is 1. The van der Waals surface area contributed by atoms with E-state index < -0.39 is 0 Å². The number of nitrogens with one attached hydrogen (secondary N) is 2. The summed E-state index contributed by atoms with van der Waals surface area (Å²) in [5, 5.41) is 21.2. The highest BCUT2D eigenvalue weighted by Gasteiger charge is 2.29. The van der Waals surface area contributed by atoms with Gasteiger partial charge in [0.05, 0.1) is 37.8 Å². The molecule has 3 N–H and O–H groups in total. The first kappa shape index (κ1) is 17.8. The molecule has 0 aromatic heterocycles. The molecule has 1 aliphatic heterocycles. The van der Waals surface area contributed by atoms with E-state index in [4.69, 9.17) is 5.26 Å². The molecule has 3 rings (SSSR count). The van der Waals surface area contributed by atoms with E-state index in [1.807, 2.05) is 19.1 Å². The van der Waals surface area contributed by atoms with E-state index in [0.29, 0.717) is 11.3 Å². The van der Waals surface area contributed by atoms with Crippen molar-refractivity contribution in [1.82, 2.24) is 0 Å². The first-order chi connectivity index (χ1) is 12.6. The van der Waals surface area contributed by atoms with Crippen molar-refractivity contribution in [3.05, 3.63) is 54.1 Å². The monoisotopic (exact) mass is 351 g/mol. The van der Waals surface area contributed by atoms with Gasteiger partial charge in [0.15, 0.2) is 6.04 Å². The first-order valence-electron chi connectivity index (χ1n) is 8.76. The van der Waals surface area contributed by atoms with E-state index in [1.165, 1.54) is 4.90 Å². The molecule has 6 heteroatoms. The van der Waals surface area contributed by atoms with Crippen LogP contribution in [0.2, 0.25) is 0 Å². The molecule has 0 aliphatic carbocycles. The summed E-state index contributed by atoms with van der Waals surface area (Å²) in [5.74, 6) is 0.258. The Bertz CT molecular complexity index is 788. The zero-order valence-electron chi connectivity index (χ0n) is 14.8. The maximum absolute atomic E-state index is 12.5. The van der Waals surface area contributed by atoms with E-state index in [1.54, 1.807) is 36.4 Å². The molecule has 1 aliphatic rings. The Labute approximate surface area is 153 Å². The lowest BCUT2D eigenvalue weighted by molar-refractivity contribution is -0.914. The van der Waals surface area contributed by atoms with Gasteiger partial charge in [0.25, 0.3) is 5.91 Å². The molecule has 1 fully saturated rings. The lowest BCUT2D eigenvalue weighted by atomic mass is 10.1. The predicted octanol–water partition coefficient (Wildman–Crippen LogP) is 0.996. The topological polar surface area (TPSA) is 80.8 Å². The smallest absolute Gasteiger partial charge is 0.282 e. The first-order valence-corrected chi connectivity index (χ1v) is 8.76. The van der Waals surface area contributed by atoms with Crippen LogP contribution in [0.25, 0.3) is 0 Å². The van der Waals surface area contributed by atoms with Crippen molar-refractivity contribution < 1.29 is 14.8 Å². The molecule has 0 unspecified atom stereocenters. The summed E-state index contributed by atoms with van der Waals surface area (Å²) in [6.45, 7) is 5.44.